The fourth-order valence-corrected chi connectivity index (χ4v) is 2.99. The van der Waals surface area contributed by atoms with E-state index in [0.717, 1.165) is 19.5 Å². The van der Waals surface area contributed by atoms with Crippen molar-refractivity contribution in [2.24, 2.45) is 18.9 Å². The first-order valence-corrected chi connectivity index (χ1v) is 8.68. The molecule has 3 rings (SSSR count). The second kappa shape index (κ2) is 7.35. The van der Waals surface area contributed by atoms with Crippen LogP contribution in [0.2, 0.25) is 0 Å². The maximum atomic E-state index is 12.4. The van der Waals surface area contributed by atoms with E-state index in [9.17, 15) is 14.4 Å². The highest BCUT2D eigenvalue weighted by Gasteiger charge is 2.40. The van der Waals surface area contributed by atoms with Gasteiger partial charge in [0, 0.05) is 45.8 Å². The van der Waals surface area contributed by atoms with E-state index in [4.69, 9.17) is 4.74 Å². The van der Waals surface area contributed by atoms with Crippen LogP contribution in [-0.2, 0) is 16.6 Å². The van der Waals surface area contributed by atoms with Crippen LogP contribution in [0.4, 0.5) is 0 Å². The molecule has 1 aliphatic carbocycles. The maximum Gasteiger partial charge on any atom is 0.309 e. The molecule has 136 valence electrons. The molecule has 0 bridgehead atoms. The van der Waals surface area contributed by atoms with E-state index in [2.05, 4.69) is 16.9 Å². The van der Waals surface area contributed by atoms with Crippen LogP contribution >= 0.6 is 0 Å². The lowest BCUT2D eigenvalue weighted by molar-refractivity contribution is -0.146. The van der Waals surface area contributed by atoms with Crippen molar-refractivity contribution in [1.29, 1.82) is 0 Å². The number of hydrogen-bond acceptors (Lipinski definition) is 6. The Balaban J connectivity index is 1.42. The number of carbonyl (C=O) groups is 2. The Morgan fingerprint density at radius 3 is 2.52 bits per heavy atom. The lowest BCUT2D eigenvalue weighted by Crippen LogP contribution is -2.49. The van der Waals surface area contributed by atoms with E-state index < -0.39 is 0 Å². The molecule has 1 aromatic heterocycles. The van der Waals surface area contributed by atoms with Gasteiger partial charge in [-0.3, -0.25) is 19.3 Å². The van der Waals surface area contributed by atoms with Crippen LogP contribution in [0.15, 0.2) is 16.9 Å². The summed E-state index contributed by atoms with van der Waals surface area (Å²) >= 11 is 0. The maximum absolute atomic E-state index is 12.4. The van der Waals surface area contributed by atoms with Crippen LogP contribution in [-0.4, -0.2) is 70.8 Å². The Morgan fingerprint density at radius 1 is 1.24 bits per heavy atom. The Hall–Kier alpha value is -2.22. The van der Waals surface area contributed by atoms with Gasteiger partial charge in [0.2, 0.25) is 0 Å². The Labute approximate surface area is 146 Å². The smallest absolute Gasteiger partial charge is 0.309 e. The average molecular weight is 348 g/mol. The van der Waals surface area contributed by atoms with E-state index in [1.165, 1.54) is 23.9 Å². The van der Waals surface area contributed by atoms with Crippen LogP contribution in [0.3, 0.4) is 0 Å². The minimum absolute atomic E-state index is 0.0814. The molecule has 8 heteroatoms. The molecule has 2 aliphatic rings. The highest BCUT2D eigenvalue weighted by molar-refractivity contribution is 5.92. The summed E-state index contributed by atoms with van der Waals surface area (Å²) < 4.78 is 6.47. The number of nitrogens with zero attached hydrogens (tertiary/aromatic N) is 4. The summed E-state index contributed by atoms with van der Waals surface area (Å²) in [6.45, 7) is 5.80. The molecule has 2 fully saturated rings. The summed E-state index contributed by atoms with van der Waals surface area (Å²) in [7, 11) is 1.53. The van der Waals surface area contributed by atoms with Gasteiger partial charge in [-0.2, -0.15) is 5.10 Å². The van der Waals surface area contributed by atoms with E-state index in [1.54, 1.807) is 4.90 Å². The van der Waals surface area contributed by atoms with Crippen LogP contribution in [0, 0.1) is 11.8 Å². The topological polar surface area (TPSA) is 84.7 Å². The molecule has 2 atom stereocenters. The molecule has 1 amide bonds. The highest BCUT2D eigenvalue weighted by Crippen LogP contribution is 2.38. The van der Waals surface area contributed by atoms with Crippen molar-refractivity contribution in [3.05, 3.63) is 28.2 Å². The lowest BCUT2D eigenvalue weighted by atomic mass is 10.2. The second-order valence-corrected chi connectivity index (χ2v) is 6.80. The van der Waals surface area contributed by atoms with Crippen molar-refractivity contribution < 1.29 is 14.3 Å². The van der Waals surface area contributed by atoms with Crippen molar-refractivity contribution in [2.75, 3.05) is 39.3 Å². The lowest BCUT2D eigenvalue weighted by Gasteiger charge is -2.34. The quantitative estimate of drug-likeness (QED) is 0.682. The van der Waals surface area contributed by atoms with Crippen molar-refractivity contribution in [3.8, 4) is 0 Å². The van der Waals surface area contributed by atoms with Crippen molar-refractivity contribution >= 4 is 11.9 Å². The number of aryl methyl sites for hydroxylation is 1. The standard InChI is InChI=1S/C17H24N4O4/c1-12-11-13(12)17(24)25-10-9-20-5-7-21(8-6-20)16(23)14-3-4-15(22)19(2)18-14/h3-4,12-13H,5-11H2,1-2H3/t12-,13-/m1/s1. The van der Waals surface area contributed by atoms with E-state index in [0.29, 0.717) is 32.2 Å². The number of carbonyl (C=O) groups excluding carboxylic acids is 2. The van der Waals surface area contributed by atoms with Gasteiger partial charge in [-0.15, -0.1) is 0 Å². The zero-order valence-corrected chi connectivity index (χ0v) is 14.7. The molecule has 0 spiro atoms. The number of aromatic nitrogens is 2. The summed E-state index contributed by atoms with van der Waals surface area (Å²) in [6, 6.07) is 2.82. The Kier molecular flexibility index (Phi) is 5.17. The number of hydrogen-bond donors (Lipinski definition) is 0. The van der Waals surface area contributed by atoms with E-state index in [1.807, 2.05) is 0 Å². The van der Waals surface area contributed by atoms with Crippen LogP contribution < -0.4 is 5.56 Å². The van der Waals surface area contributed by atoms with Crippen molar-refractivity contribution in [1.82, 2.24) is 19.6 Å². The second-order valence-electron chi connectivity index (χ2n) is 6.80. The fraction of sp³-hybridized carbons (Fsp3) is 0.647. The minimum atomic E-state index is -0.239. The average Bonchev–Trinajstić information content (AvgIpc) is 3.34. The summed E-state index contributed by atoms with van der Waals surface area (Å²) in [6.07, 6.45) is 0.943. The van der Waals surface area contributed by atoms with Crippen molar-refractivity contribution in [2.45, 2.75) is 13.3 Å². The van der Waals surface area contributed by atoms with Crippen LogP contribution in [0.5, 0.6) is 0 Å². The molecule has 2 heterocycles. The third kappa shape index (κ3) is 4.25. The molecule has 0 N–H and O–H groups in total. The third-order valence-electron chi connectivity index (χ3n) is 4.90. The molecule has 8 nitrogen and oxygen atoms in total. The van der Waals surface area contributed by atoms with Gasteiger partial charge in [0.15, 0.2) is 0 Å². The number of piperazine rings is 1. The Bertz CT molecular complexity index is 709. The molecular formula is C17H24N4O4. The zero-order chi connectivity index (χ0) is 18.0. The molecule has 0 aromatic carbocycles. The van der Waals surface area contributed by atoms with Gasteiger partial charge in [-0.05, 0) is 18.4 Å². The highest BCUT2D eigenvalue weighted by atomic mass is 16.5. The van der Waals surface area contributed by atoms with Gasteiger partial charge < -0.3 is 9.64 Å². The molecule has 1 saturated carbocycles. The summed E-state index contributed by atoms with van der Waals surface area (Å²) in [4.78, 5) is 39.4. The van der Waals surface area contributed by atoms with E-state index in [-0.39, 0.29) is 29.0 Å². The first-order valence-electron chi connectivity index (χ1n) is 8.68. The molecule has 1 saturated heterocycles. The van der Waals surface area contributed by atoms with Gasteiger partial charge in [0.25, 0.3) is 11.5 Å². The SMILES string of the molecule is C[C@@H]1C[C@H]1C(=O)OCCN1CCN(C(=O)c2ccc(=O)n(C)n2)CC1. The predicted octanol–water partition coefficient (Wildman–Crippen LogP) is -0.263. The Morgan fingerprint density at radius 2 is 1.92 bits per heavy atom. The number of rotatable bonds is 5. The fourth-order valence-electron chi connectivity index (χ4n) is 2.99. The summed E-state index contributed by atoms with van der Waals surface area (Å²) in [5.74, 6) is 0.323. The zero-order valence-electron chi connectivity index (χ0n) is 14.7. The summed E-state index contributed by atoms with van der Waals surface area (Å²) in [5, 5.41) is 4.01. The van der Waals surface area contributed by atoms with Gasteiger partial charge in [0.05, 0.1) is 5.92 Å². The van der Waals surface area contributed by atoms with Crippen LogP contribution in [0.25, 0.3) is 0 Å². The van der Waals surface area contributed by atoms with E-state index >= 15 is 0 Å². The molecule has 1 aromatic rings. The predicted molar refractivity (Wildman–Crippen MR) is 90.1 cm³/mol. The minimum Gasteiger partial charge on any atom is -0.464 e. The molecule has 1 aliphatic heterocycles. The monoisotopic (exact) mass is 348 g/mol. The van der Waals surface area contributed by atoms with Crippen LogP contribution in [0.1, 0.15) is 23.8 Å². The number of esters is 1. The van der Waals surface area contributed by atoms with Gasteiger partial charge in [-0.25, -0.2) is 4.68 Å². The molecule has 25 heavy (non-hydrogen) atoms. The summed E-state index contributed by atoms with van der Waals surface area (Å²) in [5.41, 5.74) is 0.0412. The van der Waals surface area contributed by atoms with Gasteiger partial charge >= 0.3 is 5.97 Å². The molecular weight excluding hydrogens is 324 g/mol. The number of amides is 1. The first kappa shape index (κ1) is 17.6. The van der Waals surface area contributed by atoms with Gasteiger partial charge in [-0.1, -0.05) is 6.92 Å². The molecule has 0 radical (unpaired) electrons. The third-order valence-corrected chi connectivity index (χ3v) is 4.90. The van der Waals surface area contributed by atoms with Crippen molar-refractivity contribution in [3.63, 3.8) is 0 Å². The first-order chi connectivity index (χ1) is 12.0. The largest absolute Gasteiger partial charge is 0.464 e. The number of ether oxygens (including phenoxy) is 1. The molecule has 0 unspecified atom stereocenters. The van der Waals surface area contributed by atoms with Gasteiger partial charge in [0.1, 0.15) is 12.3 Å². The normalized spacial score (nSPS) is 23.4.